The van der Waals surface area contributed by atoms with Crippen LogP contribution in [0.1, 0.15) is 12.0 Å². The first kappa shape index (κ1) is 13.8. The summed E-state index contributed by atoms with van der Waals surface area (Å²) in [6.07, 6.45) is 0.284. The van der Waals surface area contributed by atoms with E-state index in [0.29, 0.717) is 12.0 Å². The van der Waals surface area contributed by atoms with Crippen molar-refractivity contribution in [2.75, 3.05) is 0 Å². The molecule has 0 radical (unpaired) electrons. The van der Waals surface area contributed by atoms with Gasteiger partial charge in [0, 0.05) is 12.5 Å². The number of ether oxygens (including phenoxy) is 1. The summed E-state index contributed by atoms with van der Waals surface area (Å²) in [4.78, 5) is 14.0. The Kier molecular flexibility index (Phi) is 4.14. The standard InChI is InChI=1S/C14H12FNO4/c15-12-2-1-3-13(16-12)20-11-6-4-9(8-10(11)17)5-7-14(18)19/h1-4,6,8,17H,5,7H2,(H,18,19). The molecular weight excluding hydrogens is 265 g/mol. The van der Waals surface area contributed by atoms with Crippen molar-refractivity contribution in [3.63, 3.8) is 0 Å². The van der Waals surface area contributed by atoms with E-state index in [4.69, 9.17) is 9.84 Å². The van der Waals surface area contributed by atoms with Gasteiger partial charge in [0.05, 0.1) is 0 Å². The number of carboxylic acid groups (broad SMARTS) is 1. The molecule has 6 heteroatoms. The van der Waals surface area contributed by atoms with Gasteiger partial charge in [-0.15, -0.1) is 0 Å². The molecule has 2 aromatic rings. The third-order valence-electron chi connectivity index (χ3n) is 2.55. The number of hydrogen-bond donors (Lipinski definition) is 2. The maximum absolute atomic E-state index is 12.9. The van der Waals surface area contributed by atoms with Gasteiger partial charge in [0.2, 0.25) is 11.8 Å². The fraction of sp³-hybridized carbons (Fsp3) is 0.143. The number of aryl methyl sites for hydroxylation is 1. The summed E-state index contributed by atoms with van der Waals surface area (Å²) < 4.78 is 18.2. The maximum atomic E-state index is 12.9. The molecular formula is C14H12FNO4. The molecule has 0 amide bonds. The molecule has 1 aromatic carbocycles. The van der Waals surface area contributed by atoms with Crippen LogP contribution in [-0.2, 0) is 11.2 Å². The Balaban J connectivity index is 2.11. The normalized spacial score (nSPS) is 10.2. The molecule has 1 heterocycles. The van der Waals surface area contributed by atoms with Crippen LogP contribution in [0.3, 0.4) is 0 Å². The van der Waals surface area contributed by atoms with Crippen LogP contribution in [0, 0.1) is 5.95 Å². The van der Waals surface area contributed by atoms with E-state index in [1.54, 1.807) is 6.07 Å². The first-order valence-electron chi connectivity index (χ1n) is 5.88. The number of halogens is 1. The Bertz CT molecular complexity index is 630. The summed E-state index contributed by atoms with van der Waals surface area (Å²) in [7, 11) is 0. The van der Waals surface area contributed by atoms with E-state index >= 15 is 0 Å². The van der Waals surface area contributed by atoms with Gasteiger partial charge in [-0.25, -0.2) is 0 Å². The predicted molar refractivity (Wildman–Crippen MR) is 68.3 cm³/mol. The zero-order chi connectivity index (χ0) is 14.5. The van der Waals surface area contributed by atoms with Crippen LogP contribution in [0.4, 0.5) is 4.39 Å². The van der Waals surface area contributed by atoms with Crippen LogP contribution >= 0.6 is 0 Å². The third kappa shape index (κ3) is 3.68. The topological polar surface area (TPSA) is 79.7 Å². The van der Waals surface area contributed by atoms with Crippen molar-refractivity contribution in [3.05, 3.63) is 47.9 Å². The van der Waals surface area contributed by atoms with Crippen molar-refractivity contribution in [3.8, 4) is 17.4 Å². The highest BCUT2D eigenvalue weighted by Crippen LogP contribution is 2.30. The zero-order valence-corrected chi connectivity index (χ0v) is 10.4. The number of pyridine rings is 1. The Morgan fingerprint density at radius 3 is 2.75 bits per heavy atom. The Morgan fingerprint density at radius 2 is 2.10 bits per heavy atom. The molecule has 0 bridgehead atoms. The predicted octanol–water partition coefficient (Wildman–Crippen LogP) is 2.74. The third-order valence-corrected chi connectivity index (χ3v) is 2.55. The number of carbonyl (C=O) groups is 1. The fourth-order valence-electron chi connectivity index (χ4n) is 1.62. The van der Waals surface area contributed by atoms with Crippen LogP contribution < -0.4 is 4.74 Å². The number of aromatic nitrogens is 1. The van der Waals surface area contributed by atoms with Crippen LogP contribution in [0.25, 0.3) is 0 Å². The first-order chi connectivity index (χ1) is 9.54. The second-order valence-electron chi connectivity index (χ2n) is 4.10. The SMILES string of the molecule is O=C(O)CCc1ccc(Oc2cccc(F)n2)c(O)c1. The van der Waals surface area contributed by atoms with Crippen molar-refractivity contribution < 1.29 is 24.1 Å². The van der Waals surface area contributed by atoms with Gasteiger partial charge in [-0.05, 0) is 30.2 Å². The maximum Gasteiger partial charge on any atom is 0.303 e. The van der Waals surface area contributed by atoms with Crippen LogP contribution in [0.15, 0.2) is 36.4 Å². The molecule has 0 aliphatic heterocycles. The molecule has 1 aromatic heterocycles. The van der Waals surface area contributed by atoms with E-state index in [9.17, 15) is 14.3 Å². The Labute approximate surface area is 114 Å². The summed E-state index contributed by atoms with van der Waals surface area (Å²) in [5, 5.41) is 18.4. The highest BCUT2D eigenvalue weighted by Gasteiger charge is 2.08. The summed E-state index contributed by atoms with van der Waals surface area (Å²) in [6, 6.07) is 8.62. The summed E-state index contributed by atoms with van der Waals surface area (Å²) in [6.45, 7) is 0. The number of phenols is 1. The highest BCUT2D eigenvalue weighted by atomic mass is 19.1. The van der Waals surface area contributed by atoms with Gasteiger partial charge < -0.3 is 14.9 Å². The van der Waals surface area contributed by atoms with Crippen LogP contribution in [0.5, 0.6) is 17.4 Å². The van der Waals surface area contributed by atoms with E-state index in [0.717, 1.165) is 0 Å². The lowest BCUT2D eigenvalue weighted by Gasteiger charge is -2.08. The van der Waals surface area contributed by atoms with Gasteiger partial charge in [-0.1, -0.05) is 12.1 Å². The second kappa shape index (κ2) is 6.01. The van der Waals surface area contributed by atoms with E-state index < -0.39 is 11.9 Å². The molecule has 0 aliphatic rings. The van der Waals surface area contributed by atoms with Gasteiger partial charge >= 0.3 is 5.97 Å². The number of nitrogens with zero attached hydrogens (tertiary/aromatic N) is 1. The second-order valence-corrected chi connectivity index (χ2v) is 4.10. The average Bonchev–Trinajstić information content (AvgIpc) is 2.39. The lowest BCUT2D eigenvalue weighted by Crippen LogP contribution is -1.97. The van der Waals surface area contributed by atoms with Crippen LogP contribution in [-0.4, -0.2) is 21.2 Å². The molecule has 2 N–H and O–H groups in total. The van der Waals surface area contributed by atoms with Crippen LogP contribution in [0.2, 0.25) is 0 Å². The monoisotopic (exact) mass is 277 g/mol. The van der Waals surface area contributed by atoms with Crippen molar-refractivity contribution in [1.29, 1.82) is 0 Å². The van der Waals surface area contributed by atoms with Crippen molar-refractivity contribution in [2.24, 2.45) is 0 Å². The molecule has 104 valence electrons. The molecule has 0 spiro atoms. The van der Waals surface area contributed by atoms with Gasteiger partial charge in [0.25, 0.3) is 0 Å². The summed E-state index contributed by atoms with van der Waals surface area (Å²) in [5.74, 6) is -1.59. The fourth-order valence-corrected chi connectivity index (χ4v) is 1.62. The number of aromatic hydroxyl groups is 1. The largest absolute Gasteiger partial charge is 0.504 e. The van der Waals surface area contributed by atoms with Gasteiger partial charge in [0.1, 0.15) is 0 Å². The molecule has 0 unspecified atom stereocenters. The number of carboxylic acids is 1. The van der Waals surface area contributed by atoms with Gasteiger partial charge in [-0.2, -0.15) is 9.37 Å². The van der Waals surface area contributed by atoms with E-state index in [-0.39, 0.29) is 23.8 Å². The number of phenolic OH excluding ortho intramolecular Hbond substituents is 1. The molecule has 0 saturated carbocycles. The van der Waals surface area contributed by atoms with Crippen molar-refractivity contribution in [2.45, 2.75) is 12.8 Å². The number of rotatable bonds is 5. The van der Waals surface area contributed by atoms with Gasteiger partial charge in [0.15, 0.2) is 11.5 Å². The molecule has 20 heavy (non-hydrogen) atoms. The molecule has 0 aliphatic carbocycles. The van der Waals surface area contributed by atoms with E-state index in [2.05, 4.69) is 4.98 Å². The first-order valence-corrected chi connectivity index (χ1v) is 5.88. The molecule has 0 saturated heterocycles. The molecule has 5 nitrogen and oxygen atoms in total. The minimum Gasteiger partial charge on any atom is -0.504 e. The number of hydrogen-bond acceptors (Lipinski definition) is 4. The lowest BCUT2D eigenvalue weighted by molar-refractivity contribution is -0.136. The zero-order valence-electron chi connectivity index (χ0n) is 10.4. The van der Waals surface area contributed by atoms with Crippen molar-refractivity contribution >= 4 is 5.97 Å². The van der Waals surface area contributed by atoms with E-state index in [1.807, 2.05) is 0 Å². The van der Waals surface area contributed by atoms with Gasteiger partial charge in [-0.3, -0.25) is 4.79 Å². The minimum absolute atomic E-state index is 0.0227. The highest BCUT2D eigenvalue weighted by molar-refractivity contribution is 5.67. The summed E-state index contributed by atoms with van der Waals surface area (Å²) >= 11 is 0. The quantitative estimate of drug-likeness (QED) is 0.821. The molecule has 0 fully saturated rings. The Hall–Kier alpha value is -2.63. The minimum atomic E-state index is -0.909. The molecule has 2 rings (SSSR count). The Morgan fingerprint density at radius 1 is 1.30 bits per heavy atom. The average molecular weight is 277 g/mol. The molecule has 0 atom stereocenters. The number of benzene rings is 1. The summed E-state index contributed by atoms with van der Waals surface area (Å²) in [5.41, 5.74) is 0.671. The number of aliphatic carboxylic acids is 1. The van der Waals surface area contributed by atoms with Crippen molar-refractivity contribution in [1.82, 2.24) is 4.98 Å². The lowest BCUT2D eigenvalue weighted by atomic mass is 10.1. The smallest absolute Gasteiger partial charge is 0.303 e. The van der Waals surface area contributed by atoms with E-state index in [1.165, 1.54) is 30.3 Å².